The number of piperazine rings is 1. The molecule has 0 saturated carbocycles. The van der Waals surface area contributed by atoms with E-state index >= 15 is 0 Å². The Morgan fingerprint density at radius 2 is 2.00 bits per heavy atom. The summed E-state index contributed by atoms with van der Waals surface area (Å²) in [6.07, 6.45) is 1.66. The highest BCUT2D eigenvalue weighted by Gasteiger charge is 2.24. The number of benzene rings is 1. The van der Waals surface area contributed by atoms with Gasteiger partial charge in [0.05, 0.1) is 6.54 Å². The Labute approximate surface area is 136 Å². The smallest absolute Gasteiger partial charge is 0.254 e. The molecule has 3 N–H and O–H groups in total. The van der Waals surface area contributed by atoms with Gasteiger partial charge in [0, 0.05) is 44.0 Å². The van der Waals surface area contributed by atoms with E-state index in [9.17, 15) is 9.59 Å². The van der Waals surface area contributed by atoms with Crippen LogP contribution in [0.15, 0.2) is 30.9 Å². The zero-order valence-corrected chi connectivity index (χ0v) is 13.5. The first-order valence-corrected chi connectivity index (χ1v) is 7.76. The molecule has 2 amide bonds. The van der Waals surface area contributed by atoms with Crippen LogP contribution >= 0.6 is 0 Å². The number of hydrogen-bond donors (Lipinski definition) is 2. The molecule has 6 heteroatoms. The van der Waals surface area contributed by atoms with E-state index in [0.29, 0.717) is 50.5 Å². The van der Waals surface area contributed by atoms with Gasteiger partial charge in [-0.2, -0.15) is 0 Å². The molecule has 1 aliphatic heterocycles. The summed E-state index contributed by atoms with van der Waals surface area (Å²) in [5.74, 6) is -0.0121. The molecule has 124 valence electrons. The average Bonchev–Trinajstić information content (AvgIpc) is 2.55. The third-order valence-corrected chi connectivity index (χ3v) is 3.96. The first kappa shape index (κ1) is 17.0. The van der Waals surface area contributed by atoms with Gasteiger partial charge in [-0.05, 0) is 24.6 Å². The van der Waals surface area contributed by atoms with E-state index in [1.807, 2.05) is 17.9 Å². The molecule has 0 bridgehead atoms. The molecule has 0 aliphatic carbocycles. The number of nitrogens with zero attached hydrogens (tertiary/aromatic N) is 2. The van der Waals surface area contributed by atoms with Crippen molar-refractivity contribution in [1.29, 1.82) is 0 Å². The molecule has 0 radical (unpaired) electrons. The van der Waals surface area contributed by atoms with Crippen molar-refractivity contribution in [2.45, 2.75) is 6.92 Å². The van der Waals surface area contributed by atoms with Crippen LogP contribution in [-0.4, -0.2) is 60.9 Å². The van der Waals surface area contributed by atoms with E-state index in [4.69, 9.17) is 5.73 Å². The largest absolute Gasteiger partial charge is 0.399 e. The zero-order chi connectivity index (χ0) is 16.8. The fourth-order valence-corrected chi connectivity index (χ4v) is 2.59. The van der Waals surface area contributed by atoms with Crippen LogP contribution in [-0.2, 0) is 4.79 Å². The topological polar surface area (TPSA) is 78.7 Å². The molecule has 0 atom stereocenters. The van der Waals surface area contributed by atoms with Crippen LogP contribution in [0.2, 0.25) is 0 Å². The van der Waals surface area contributed by atoms with Crippen LogP contribution in [0.5, 0.6) is 0 Å². The highest BCUT2D eigenvalue weighted by molar-refractivity contribution is 5.96. The fraction of sp³-hybridized carbons (Fsp3) is 0.412. The average molecular weight is 316 g/mol. The van der Waals surface area contributed by atoms with Gasteiger partial charge in [0.15, 0.2) is 0 Å². The van der Waals surface area contributed by atoms with Gasteiger partial charge in [0.1, 0.15) is 0 Å². The van der Waals surface area contributed by atoms with Crippen molar-refractivity contribution in [3.8, 4) is 0 Å². The second-order valence-electron chi connectivity index (χ2n) is 5.74. The minimum absolute atomic E-state index is 0.00515. The zero-order valence-electron chi connectivity index (χ0n) is 13.5. The van der Waals surface area contributed by atoms with Gasteiger partial charge in [0.25, 0.3) is 5.91 Å². The number of aryl methyl sites for hydroxylation is 1. The van der Waals surface area contributed by atoms with Crippen molar-refractivity contribution in [1.82, 2.24) is 15.1 Å². The Hall–Kier alpha value is -2.34. The summed E-state index contributed by atoms with van der Waals surface area (Å²) in [4.78, 5) is 28.2. The summed E-state index contributed by atoms with van der Waals surface area (Å²) >= 11 is 0. The van der Waals surface area contributed by atoms with Crippen molar-refractivity contribution in [2.24, 2.45) is 0 Å². The molecule has 0 unspecified atom stereocenters. The summed E-state index contributed by atoms with van der Waals surface area (Å²) in [6.45, 7) is 8.92. The lowest BCUT2D eigenvalue weighted by atomic mass is 10.1. The highest BCUT2D eigenvalue weighted by atomic mass is 16.2. The number of amides is 2. The Kier molecular flexibility index (Phi) is 5.76. The normalized spacial score (nSPS) is 15.3. The lowest BCUT2D eigenvalue weighted by Gasteiger charge is -2.34. The molecule has 1 aromatic carbocycles. The predicted molar refractivity (Wildman–Crippen MR) is 91.1 cm³/mol. The molecule has 1 heterocycles. The van der Waals surface area contributed by atoms with Gasteiger partial charge in [-0.3, -0.25) is 14.5 Å². The Morgan fingerprint density at radius 3 is 2.65 bits per heavy atom. The van der Waals surface area contributed by atoms with Crippen molar-refractivity contribution in [2.75, 3.05) is 45.0 Å². The van der Waals surface area contributed by atoms with Gasteiger partial charge in [-0.15, -0.1) is 6.58 Å². The number of nitrogens with two attached hydrogens (primary N) is 1. The maximum Gasteiger partial charge on any atom is 0.254 e. The van der Waals surface area contributed by atoms with Crippen LogP contribution in [0.3, 0.4) is 0 Å². The summed E-state index contributed by atoms with van der Waals surface area (Å²) in [5, 5.41) is 2.76. The fourth-order valence-electron chi connectivity index (χ4n) is 2.59. The second kappa shape index (κ2) is 7.78. The summed E-state index contributed by atoms with van der Waals surface area (Å²) in [7, 11) is 0. The third kappa shape index (κ3) is 4.56. The van der Waals surface area contributed by atoms with Crippen LogP contribution in [0.4, 0.5) is 5.69 Å². The lowest BCUT2D eigenvalue weighted by Crippen LogP contribution is -2.51. The van der Waals surface area contributed by atoms with Crippen LogP contribution in [0, 0.1) is 6.92 Å². The standard InChI is InChI=1S/C17H24N4O2/c1-3-6-19-16(22)12-20-7-9-21(10-8-20)17(23)15-11-14(18)5-4-13(15)2/h3-5,11H,1,6-10,12,18H2,2H3,(H,19,22). The summed E-state index contributed by atoms with van der Waals surface area (Å²) < 4.78 is 0. The molecule has 23 heavy (non-hydrogen) atoms. The van der Waals surface area contributed by atoms with E-state index in [1.165, 1.54) is 0 Å². The number of hydrogen-bond acceptors (Lipinski definition) is 4. The van der Waals surface area contributed by atoms with Crippen molar-refractivity contribution in [3.05, 3.63) is 42.0 Å². The quantitative estimate of drug-likeness (QED) is 0.617. The van der Waals surface area contributed by atoms with Gasteiger partial charge in [0.2, 0.25) is 5.91 Å². The molecule has 0 spiro atoms. The van der Waals surface area contributed by atoms with E-state index in [0.717, 1.165) is 5.56 Å². The first-order valence-electron chi connectivity index (χ1n) is 7.76. The van der Waals surface area contributed by atoms with Crippen LogP contribution in [0.25, 0.3) is 0 Å². The first-order chi connectivity index (χ1) is 11.0. The number of nitrogen functional groups attached to an aromatic ring is 1. The number of nitrogens with one attached hydrogen (secondary N) is 1. The maximum absolute atomic E-state index is 12.6. The molecule has 1 saturated heterocycles. The number of rotatable bonds is 5. The van der Waals surface area contributed by atoms with Gasteiger partial charge < -0.3 is 16.0 Å². The second-order valence-corrected chi connectivity index (χ2v) is 5.74. The number of anilines is 1. The number of carbonyl (C=O) groups excluding carboxylic acids is 2. The molecule has 6 nitrogen and oxygen atoms in total. The molecular formula is C17H24N4O2. The lowest BCUT2D eigenvalue weighted by molar-refractivity contribution is -0.122. The Morgan fingerprint density at radius 1 is 1.30 bits per heavy atom. The maximum atomic E-state index is 12.6. The number of carbonyl (C=O) groups is 2. The van der Waals surface area contributed by atoms with Gasteiger partial charge in [-0.25, -0.2) is 0 Å². The molecule has 2 rings (SSSR count). The van der Waals surface area contributed by atoms with Crippen LogP contribution < -0.4 is 11.1 Å². The summed E-state index contributed by atoms with van der Waals surface area (Å²) in [5.41, 5.74) is 7.96. The molecule has 1 aromatic rings. The molecule has 0 aromatic heterocycles. The third-order valence-electron chi connectivity index (χ3n) is 3.96. The molecular weight excluding hydrogens is 292 g/mol. The van der Waals surface area contributed by atoms with E-state index in [-0.39, 0.29) is 11.8 Å². The molecule has 1 fully saturated rings. The highest BCUT2D eigenvalue weighted by Crippen LogP contribution is 2.16. The Bertz CT molecular complexity index is 592. The summed E-state index contributed by atoms with van der Waals surface area (Å²) in [6, 6.07) is 5.39. The Balaban J connectivity index is 1.89. The van der Waals surface area contributed by atoms with E-state index in [2.05, 4.69) is 16.8 Å². The molecule has 1 aliphatic rings. The van der Waals surface area contributed by atoms with E-state index < -0.39 is 0 Å². The minimum Gasteiger partial charge on any atom is -0.399 e. The monoisotopic (exact) mass is 316 g/mol. The van der Waals surface area contributed by atoms with Crippen LogP contribution in [0.1, 0.15) is 15.9 Å². The van der Waals surface area contributed by atoms with Gasteiger partial charge >= 0.3 is 0 Å². The van der Waals surface area contributed by atoms with E-state index in [1.54, 1.807) is 18.2 Å². The van der Waals surface area contributed by atoms with Gasteiger partial charge in [-0.1, -0.05) is 12.1 Å². The minimum atomic E-state index is -0.0173. The van der Waals surface area contributed by atoms with Crippen molar-refractivity contribution >= 4 is 17.5 Å². The van der Waals surface area contributed by atoms with Crippen molar-refractivity contribution in [3.63, 3.8) is 0 Å². The SMILES string of the molecule is C=CCNC(=O)CN1CCN(C(=O)c2cc(N)ccc2C)CC1. The van der Waals surface area contributed by atoms with Crippen molar-refractivity contribution < 1.29 is 9.59 Å². The predicted octanol–water partition coefficient (Wildman–Crippen LogP) is 0.637.